The number of nitrogens with zero attached hydrogens (tertiary/aromatic N) is 2. The van der Waals surface area contributed by atoms with Gasteiger partial charge in [0, 0.05) is 0 Å². The molecule has 0 aliphatic carbocycles. The third-order valence-corrected chi connectivity index (χ3v) is 5.08. The molecule has 0 amide bonds. The van der Waals surface area contributed by atoms with E-state index in [9.17, 15) is 0 Å². The fraction of sp³-hybridized carbons (Fsp3) is 0.0909. The molecule has 3 nitrogen and oxygen atoms in total. The van der Waals surface area contributed by atoms with Gasteiger partial charge in [0.05, 0.1) is 0 Å². The molecule has 3 rings (SSSR count). The first-order valence-corrected chi connectivity index (χ1v) is 8.21. The van der Waals surface area contributed by atoms with Crippen molar-refractivity contribution in [2.45, 2.75) is 6.54 Å². The van der Waals surface area contributed by atoms with Gasteiger partial charge in [-0.2, -0.15) is 0 Å². The van der Waals surface area contributed by atoms with Gasteiger partial charge in [-0.25, -0.2) is 0 Å². The standard InChI is InChI=1S/C11H8BrN3SSe/c12-10-4-7(6-16-10)5-13-8-2-1-3-9-11(8)15-17-14-9/h1-4,6,13H,5H2. The molecule has 6 heteroatoms. The van der Waals surface area contributed by atoms with Gasteiger partial charge in [0.25, 0.3) is 0 Å². The van der Waals surface area contributed by atoms with Crippen molar-refractivity contribution in [3.05, 3.63) is 39.0 Å². The van der Waals surface area contributed by atoms with Gasteiger partial charge in [-0.3, -0.25) is 0 Å². The predicted octanol–water partition coefficient (Wildman–Crippen LogP) is 3.12. The molecule has 17 heavy (non-hydrogen) atoms. The number of fused-ring (bicyclic) bond motifs is 1. The zero-order chi connectivity index (χ0) is 11.7. The van der Waals surface area contributed by atoms with Crippen LogP contribution in [0.1, 0.15) is 5.56 Å². The Morgan fingerprint density at radius 1 is 1.35 bits per heavy atom. The Kier molecular flexibility index (Phi) is 3.29. The molecule has 2 heterocycles. The van der Waals surface area contributed by atoms with Crippen molar-refractivity contribution in [3.8, 4) is 0 Å². The second-order valence-corrected chi connectivity index (χ2v) is 6.95. The van der Waals surface area contributed by atoms with E-state index in [-0.39, 0.29) is 15.0 Å². The van der Waals surface area contributed by atoms with Crippen molar-refractivity contribution in [2.75, 3.05) is 5.32 Å². The van der Waals surface area contributed by atoms with Gasteiger partial charge in [-0.05, 0) is 0 Å². The average molecular weight is 373 g/mol. The third-order valence-electron chi connectivity index (χ3n) is 2.39. The van der Waals surface area contributed by atoms with E-state index in [1.54, 1.807) is 11.3 Å². The molecule has 0 fully saturated rings. The molecule has 0 saturated carbocycles. The molecule has 2 aromatic heterocycles. The Morgan fingerprint density at radius 3 is 3.12 bits per heavy atom. The summed E-state index contributed by atoms with van der Waals surface area (Å²) >= 11 is 5.20. The molecule has 0 atom stereocenters. The van der Waals surface area contributed by atoms with Crippen LogP contribution < -0.4 is 5.32 Å². The molecule has 0 aliphatic rings. The molecular weight excluding hydrogens is 365 g/mol. The zero-order valence-corrected chi connectivity index (χ0v) is 12.8. The first-order chi connectivity index (χ1) is 8.33. The summed E-state index contributed by atoms with van der Waals surface area (Å²) in [5.41, 5.74) is 4.39. The van der Waals surface area contributed by atoms with Crippen molar-refractivity contribution in [1.29, 1.82) is 0 Å². The summed E-state index contributed by atoms with van der Waals surface area (Å²) in [4.78, 5) is 0. The molecule has 3 aromatic rings. The minimum absolute atomic E-state index is 0.0333. The van der Waals surface area contributed by atoms with Gasteiger partial charge >= 0.3 is 118 Å². The van der Waals surface area contributed by atoms with Crippen LogP contribution in [-0.2, 0) is 6.54 Å². The third kappa shape index (κ3) is 2.45. The number of aromatic nitrogens is 2. The molecule has 0 unspecified atom stereocenters. The van der Waals surface area contributed by atoms with E-state index < -0.39 is 0 Å². The van der Waals surface area contributed by atoms with E-state index in [1.165, 1.54) is 5.56 Å². The fourth-order valence-electron chi connectivity index (χ4n) is 1.58. The van der Waals surface area contributed by atoms with Crippen molar-refractivity contribution in [2.24, 2.45) is 0 Å². The summed E-state index contributed by atoms with van der Waals surface area (Å²) in [5.74, 6) is 0. The topological polar surface area (TPSA) is 37.8 Å². The summed E-state index contributed by atoms with van der Waals surface area (Å²) in [5, 5.41) is 5.56. The molecule has 0 saturated heterocycles. The number of thiophene rings is 1. The monoisotopic (exact) mass is 373 g/mol. The Morgan fingerprint density at radius 2 is 2.29 bits per heavy atom. The summed E-state index contributed by atoms with van der Waals surface area (Å²) in [7, 11) is 0. The number of halogens is 1. The van der Waals surface area contributed by atoms with Crippen LogP contribution in [-0.4, -0.2) is 22.9 Å². The van der Waals surface area contributed by atoms with Crippen LogP contribution in [0.4, 0.5) is 5.69 Å². The van der Waals surface area contributed by atoms with E-state index in [0.717, 1.165) is 27.1 Å². The minimum atomic E-state index is 0.0333. The van der Waals surface area contributed by atoms with E-state index in [0.29, 0.717) is 0 Å². The second kappa shape index (κ2) is 4.90. The van der Waals surface area contributed by atoms with E-state index in [2.05, 4.69) is 46.7 Å². The van der Waals surface area contributed by atoms with Gasteiger partial charge in [-0.1, -0.05) is 0 Å². The molecule has 0 radical (unpaired) electrons. The molecule has 0 bridgehead atoms. The number of benzene rings is 1. The predicted molar refractivity (Wildman–Crippen MR) is 75.8 cm³/mol. The second-order valence-electron chi connectivity index (χ2n) is 3.55. The van der Waals surface area contributed by atoms with Crippen LogP contribution in [0, 0.1) is 0 Å². The van der Waals surface area contributed by atoms with Crippen LogP contribution in [0.5, 0.6) is 0 Å². The molecular formula is C11H8BrN3SSe. The number of hydrogen-bond acceptors (Lipinski definition) is 4. The number of nitrogens with one attached hydrogen (secondary N) is 1. The Bertz CT molecular complexity index is 649. The average Bonchev–Trinajstić information content (AvgIpc) is 2.94. The molecule has 0 aliphatic heterocycles. The number of anilines is 1. The first kappa shape index (κ1) is 11.4. The maximum absolute atomic E-state index is 4.44. The Labute approximate surface area is 117 Å². The molecule has 1 N–H and O–H groups in total. The summed E-state index contributed by atoms with van der Waals surface area (Å²) in [6.07, 6.45) is 0. The van der Waals surface area contributed by atoms with Crippen molar-refractivity contribution in [1.82, 2.24) is 7.96 Å². The van der Waals surface area contributed by atoms with Crippen molar-refractivity contribution >= 4 is 58.9 Å². The normalized spacial score (nSPS) is 10.9. The van der Waals surface area contributed by atoms with Gasteiger partial charge in [0.2, 0.25) is 0 Å². The zero-order valence-electron chi connectivity index (χ0n) is 8.68. The van der Waals surface area contributed by atoms with Crippen LogP contribution in [0.2, 0.25) is 0 Å². The number of hydrogen-bond donors (Lipinski definition) is 1. The molecule has 0 spiro atoms. The van der Waals surface area contributed by atoms with Crippen molar-refractivity contribution in [3.63, 3.8) is 0 Å². The first-order valence-electron chi connectivity index (χ1n) is 5.01. The van der Waals surface area contributed by atoms with Crippen LogP contribution in [0.25, 0.3) is 11.0 Å². The van der Waals surface area contributed by atoms with E-state index in [4.69, 9.17) is 0 Å². The van der Waals surface area contributed by atoms with E-state index >= 15 is 0 Å². The Balaban J connectivity index is 1.83. The number of rotatable bonds is 3. The molecule has 1 aromatic carbocycles. The van der Waals surface area contributed by atoms with E-state index in [1.807, 2.05) is 12.1 Å². The van der Waals surface area contributed by atoms with Gasteiger partial charge < -0.3 is 0 Å². The fourth-order valence-corrected chi connectivity index (χ4v) is 3.95. The quantitative estimate of drug-likeness (QED) is 0.717. The maximum atomic E-state index is 4.44. The summed E-state index contributed by atoms with van der Waals surface area (Å²) < 4.78 is 9.98. The molecule has 86 valence electrons. The van der Waals surface area contributed by atoms with Gasteiger partial charge in [0.15, 0.2) is 0 Å². The van der Waals surface area contributed by atoms with Crippen molar-refractivity contribution < 1.29 is 0 Å². The Hall–Kier alpha value is -0.681. The van der Waals surface area contributed by atoms with Gasteiger partial charge in [-0.15, -0.1) is 0 Å². The summed E-state index contributed by atoms with van der Waals surface area (Å²) in [6.45, 7) is 0.821. The van der Waals surface area contributed by atoms with Crippen LogP contribution in [0.3, 0.4) is 0 Å². The summed E-state index contributed by atoms with van der Waals surface area (Å²) in [6, 6.07) is 8.22. The SMILES string of the molecule is Brc1cc(CNc2cccc3n[se]nc23)cs1. The van der Waals surface area contributed by atoms with Gasteiger partial charge in [0.1, 0.15) is 0 Å². The van der Waals surface area contributed by atoms with Crippen LogP contribution in [0.15, 0.2) is 33.4 Å². The van der Waals surface area contributed by atoms with Crippen LogP contribution >= 0.6 is 27.3 Å².